The summed E-state index contributed by atoms with van der Waals surface area (Å²) in [6, 6.07) is 8.63. The lowest BCUT2D eigenvalue weighted by Gasteiger charge is -2.08. The Kier molecular flexibility index (Phi) is 4.18. The fraction of sp³-hybridized carbons (Fsp3) is 0.467. The Hall–Kier alpha value is -1.86. The van der Waals surface area contributed by atoms with Crippen LogP contribution in [-0.2, 0) is 13.6 Å². The minimum atomic E-state index is 0.0980. The first-order valence-electron chi connectivity index (χ1n) is 6.68. The molecule has 1 unspecified atom stereocenters. The molecule has 19 heavy (non-hydrogen) atoms. The van der Waals surface area contributed by atoms with Gasteiger partial charge in [0.05, 0.1) is 23.0 Å². The molecule has 0 bridgehead atoms. The highest BCUT2D eigenvalue weighted by atomic mass is 15.0. The van der Waals surface area contributed by atoms with Gasteiger partial charge >= 0.3 is 0 Å². The van der Waals surface area contributed by atoms with Crippen molar-refractivity contribution in [3.63, 3.8) is 0 Å². The summed E-state index contributed by atoms with van der Waals surface area (Å²) in [7, 11) is 2.03. The van der Waals surface area contributed by atoms with Crippen LogP contribution in [0.3, 0.4) is 0 Å². The predicted octanol–water partition coefficient (Wildman–Crippen LogP) is 2.52. The van der Waals surface area contributed by atoms with Crippen LogP contribution < -0.4 is 5.32 Å². The number of fused-ring (bicyclic) bond motifs is 1. The molecule has 1 aromatic heterocycles. The zero-order chi connectivity index (χ0) is 13.8. The van der Waals surface area contributed by atoms with Gasteiger partial charge in [-0.05, 0) is 31.0 Å². The summed E-state index contributed by atoms with van der Waals surface area (Å²) >= 11 is 0. The lowest BCUT2D eigenvalue weighted by molar-refractivity contribution is 0.553. The standard InChI is InChI=1S/C15H20N4/c1-4-12(8-16)9-17-10-13-5-6-15-14(7-13)18-11(2)19(15)3/h5-7,12,17H,4,9-10H2,1-3H3. The molecule has 1 atom stereocenters. The number of aryl methyl sites for hydroxylation is 2. The van der Waals surface area contributed by atoms with E-state index in [-0.39, 0.29) is 5.92 Å². The predicted molar refractivity (Wildman–Crippen MR) is 76.6 cm³/mol. The van der Waals surface area contributed by atoms with Crippen LogP contribution in [-0.4, -0.2) is 16.1 Å². The van der Waals surface area contributed by atoms with Crippen LogP contribution in [0, 0.1) is 24.2 Å². The molecule has 0 aliphatic carbocycles. The van der Waals surface area contributed by atoms with Crippen molar-refractivity contribution in [1.29, 1.82) is 5.26 Å². The van der Waals surface area contributed by atoms with E-state index in [2.05, 4.69) is 39.1 Å². The van der Waals surface area contributed by atoms with Gasteiger partial charge in [-0.1, -0.05) is 13.0 Å². The van der Waals surface area contributed by atoms with Crippen molar-refractivity contribution >= 4 is 11.0 Å². The Bertz CT molecular complexity index is 606. The highest BCUT2D eigenvalue weighted by molar-refractivity contribution is 5.76. The van der Waals surface area contributed by atoms with Gasteiger partial charge in [-0.25, -0.2) is 4.98 Å². The van der Waals surface area contributed by atoms with Crippen LogP contribution in [0.4, 0.5) is 0 Å². The number of hydrogen-bond acceptors (Lipinski definition) is 3. The number of nitrogens with one attached hydrogen (secondary N) is 1. The molecule has 1 N–H and O–H groups in total. The van der Waals surface area contributed by atoms with E-state index in [9.17, 15) is 0 Å². The summed E-state index contributed by atoms with van der Waals surface area (Å²) in [6.45, 7) is 5.57. The summed E-state index contributed by atoms with van der Waals surface area (Å²) < 4.78 is 2.09. The van der Waals surface area contributed by atoms with Gasteiger partial charge in [0.15, 0.2) is 0 Å². The minimum Gasteiger partial charge on any atom is -0.331 e. The fourth-order valence-electron chi connectivity index (χ4n) is 2.15. The van der Waals surface area contributed by atoms with Crippen molar-refractivity contribution in [2.45, 2.75) is 26.8 Å². The monoisotopic (exact) mass is 256 g/mol. The van der Waals surface area contributed by atoms with Gasteiger partial charge in [-0.15, -0.1) is 0 Å². The summed E-state index contributed by atoms with van der Waals surface area (Å²) in [6.07, 6.45) is 0.891. The average Bonchev–Trinajstić information content (AvgIpc) is 2.70. The van der Waals surface area contributed by atoms with Gasteiger partial charge in [0.1, 0.15) is 5.82 Å². The van der Waals surface area contributed by atoms with E-state index in [1.165, 1.54) is 5.56 Å². The molecule has 2 aromatic rings. The zero-order valence-electron chi connectivity index (χ0n) is 11.8. The second-order valence-electron chi connectivity index (χ2n) is 4.91. The van der Waals surface area contributed by atoms with Crippen molar-refractivity contribution < 1.29 is 0 Å². The third kappa shape index (κ3) is 2.94. The Labute approximate surface area is 114 Å². The fourth-order valence-corrected chi connectivity index (χ4v) is 2.15. The molecule has 0 fully saturated rings. The van der Waals surface area contributed by atoms with Gasteiger partial charge in [-0.3, -0.25) is 0 Å². The molecule has 100 valence electrons. The van der Waals surface area contributed by atoms with E-state index in [1.54, 1.807) is 0 Å². The SMILES string of the molecule is CCC(C#N)CNCc1ccc2c(c1)nc(C)n2C. The van der Waals surface area contributed by atoms with Crippen molar-refractivity contribution in [1.82, 2.24) is 14.9 Å². The van der Waals surface area contributed by atoms with Crippen molar-refractivity contribution in [2.75, 3.05) is 6.54 Å². The first-order valence-corrected chi connectivity index (χ1v) is 6.68. The van der Waals surface area contributed by atoms with Crippen LogP contribution >= 0.6 is 0 Å². The average molecular weight is 256 g/mol. The number of nitriles is 1. The second kappa shape index (κ2) is 5.85. The van der Waals surface area contributed by atoms with Crippen LogP contribution in [0.15, 0.2) is 18.2 Å². The van der Waals surface area contributed by atoms with Crippen LogP contribution in [0.5, 0.6) is 0 Å². The summed E-state index contributed by atoms with van der Waals surface area (Å²) in [4.78, 5) is 4.53. The van der Waals surface area contributed by atoms with Crippen molar-refractivity contribution in [3.8, 4) is 6.07 Å². The molecule has 0 amide bonds. The molecule has 0 aliphatic rings. The first-order chi connectivity index (χ1) is 9.15. The maximum atomic E-state index is 8.90. The molecule has 0 aliphatic heterocycles. The van der Waals surface area contributed by atoms with E-state index < -0.39 is 0 Å². The largest absolute Gasteiger partial charge is 0.331 e. The highest BCUT2D eigenvalue weighted by Crippen LogP contribution is 2.16. The molecule has 2 rings (SSSR count). The van der Waals surface area contributed by atoms with E-state index in [4.69, 9.17) is 5.26 Å². The van der Waals surface area contributed by atoms with Gasteiger partial charge in [-0.2, -0.15) is 5.26 Å². The molecular formula is C15H20N4. The van der Waals surface area contributed by atoms with Gasteiger partial charge < -0.3 is 9.88 Å². The molecule has 1 aromatic carbocycles. The smallest absolute Gasteiger partial charge is 0.106 e. The van der Waals surface area contributed by atoms with E-state index in [0.717, 1.165) is 36.4 Å². The molecule has 0 spiro atoms. The first kappa shape index (κ1) is 13.6. The molecule has 4 heteroatoms. The molecule has 0 saturated carbocycles. The van der Waals surface area contributed by atoms with Gasteiger partial charge in [0.2, 0.25) is 0 Å². The number of hydrogen-bond donors (Lipinski definition) is 1. The Balaban J connectivity index is 2.04. The number of benzene rings is 1. The molecule has 0 radical (unpaired) electrons. The number of aromatic nitrogens is 2. The Morgan fingerprint density at radius 2 is 2.26 bits per heavy atom. The number of nitrogens with zero attached hydrogens (tertiary/aromatic N) is 3. The van der Waals surface area contributed by atoms with Crippen LogP contribution in [0.1, 0.15) is 24.7 Å². The summed E-state index contributed by atoms with van der Waals surface area (Å²) in [5.74, 6) is 1.12. The van der Waals surface area contributed by atoms with E-state index in [1.807, 2.05) is 20.9 Å². The molecule has 4 nitrogen and oxygen atoms in total. The highest BCUT2D eigenvalue weighted by Gasteiger charge is 2.06. The third-order valence-electron chi connectivity index (χ3n) is 3.56. The summed E-state index contributed by atoms with van der Waals surface area (Å²) in [5.41, 5.74) is 3.40. The van der Waals surface area contributed by atoms with Gasteiger partial charge in [0.25, 0.3) is 0 Å². The Morgan fingerprint density at radius 1 is 1.47 bits per heavy atom. The molecule has 1 heterocycles. The second-order valence-corrected chi connectivity index (χ2v) is 4.91. The number of rotatable bonds is 5. The maximum absolute atomic E-state index is 8.90. The third-order valence-corrected chi connectivity index (χ3v) is 3.56. The topological polar surface area (TPSA) is 53.6 Å². The minimum absolute atomic E-state index is 0.0980. The maximum Gasteiger partial charge on any atom is 0.106 e. The van der Waals surface area contributed by atoms with Crippen LogP contribution in [0.2, 0.25) is 0 Å². The molecular weight excluding hydrogens is 236 g/mol. The van der Waals surface area contributed by atoms with Crippen molar-refractivity contribution in [3.05, 3.63) is 29.6 Å². The number of imidazole rings is 1. The molecule has 0 saturated heterocycles. The van der Waals surface area contributed by atoms with E-state index in [0.29, 0.717) is 0 Å². The lowest BCUT2D eigenvalue weighted by atomic mass is 10.1. The normalized spacial score (nSPS) is 12.5. The Morgan fingerprint density at radius 3 is 2.95 bits per heavy atom. The summed E-state index contributed by atoms with van der Waals surface area (Å²) in [5, 5.41) is 12.2. The quantitative estimate of drug-likeness (QED) is 0.894. The van der Waals surface area contributed by atoms with Gasteiger partial charge in [0, 0.05) is 20.1 Å². The van der Waals surface area contributed by atoms with Crippen molar-refractivity contribution in [2.24, 2.45) is 13.0 Å². The van der Waals surface area contributed by atoms with Crippen LogP contribution in [0.25, 0.3) is 11.0 Å². The lowest BCUT2D eigenvalue weighted by Crippen LogP contribution is -2.21. The van der Waals surface area contributed by atoms with E-state index >= 15 is 0 Å². The zero-order valence-corrected chi connectivity index (χ0v) is 11.8.